The highest BCUT2D eigenvalue weighted by Gasteiger charge is 2.30. The van der Waals surface area contributed by atoms with Crippen LogP contribution in [0, 0.1) is 0 Å². The number of esters is 2. The smallest absolute Gasteiger partial charge is 0.344 e. The van der Waals surface area contributed by atoms with E-state index in [1.165, 1.54) is 0 Å². The average Bonchev–Trinajstić information content (AvgIpc) is 2.60. The predicted octanol–water partition coefficient (Wildman–Crippen LogP) is 1.98. The summed E-state index contributed by atoms with van der Waals surface area (Å²) in [6.45, 7) is 5.71. The molecule has 0 saturated carbocycles. The lowest BCUT2D eigenvalue weighted by molar-refractivity contribution is -0.145. The maximum atomic E-state index is 12.3. The highest BCUT2D eigenvalue weighted by Crippen LogP contribution is 2.28. The zero-order valence-corrected chi connectivity index (χ0v) is 15.8. The van der Waals surface area contributed by atoms with Gasteiger partial charge in [0.25, 0.3) is 0 Å². The predicted molar refractivity (Wildman–Crippen MR) is 99.5 cm³/mol. The van der Waals surface area contributed by atoms with Gasteiger partial charge >= 0.3 is 11.9 Å². The first-order valence-corrected chi connectivity index (χ1v) is 8.70. The van der Waals surface area contributed by atoms with Crippen LogP contribution in [0.5, 0.6) is 5.75 Å². The number of nitrogens with one attached hydrogen (secondary N) is 2. The number of allylic oxidation sites excluding steroid dienone is 1. The Bertz CT molecular complexity index is 715. The molecule has 1 aliphatic rings. The molecule has 0 bridgehead atoms. The summed E-state index contributed by atoms with van der Waals surface area (Å²) in [6.07, 6.45) is 0. The van der Waals surface area contributed by atoms with Crippen LogP contribution in [0.2, 0.25) is 0 Å². The molecule has 140 valence electrons. The van der Waals surface area contributed by atoms with Crippen molar-refractivity contribution in [2.24, 2.45) is 0 Å². The SMILES string of the molecule is CCOC(=O)COc1ccc([C@@H]2NC(=S)NC(C)=C2C(=O)OCC)cc1. The zero-order chi connectivity index (χ0) is 19.1. The van der Waals surface area contributed by atoms with Crippen LogP contribution in [0.4, 0.5) is 0 Å². The van der Waals surface area contributed by atoms with Gasteiger partial charge in [0.15, 0.2) is 11.7 Å². The van der Waals surface area contributed by atoms with Gasteiger partial charge in [0.2, 0.25) is 0 Å². The Kier molecular flexibility index (Phi) is 6.97. The minimum Gasteiger partial charge on any atom is -0.482 e. The Morgan fingerprint density at radius 2 is 1.77 bits per heavy atom. The van der Waals surface area contributed by atoms with Gasteiger partial charge in [-0.3, -0.25) is 0 Å². The molecular formula is C18H22N2O5S. The van der Waals surface area contributed by atoms with E-state index in [4.69, 9.17) is 26.4 Å². The molecule has 1 aliphatic heterocycles. The number of thiocarbonyl (C=S) groups is 1. The van der Waals surface area contributed by atoms with Crippen LogP contribution >= 0.6 is 12.2 Å². The van der Waals surface area contributed by atoms with Crippen molar-refractivity contribution >= 4 is 29.3 Å². The Hall–Kier alpha value is -2.61. The molecule has 8 heteroatoms. The van der Waals surface area contributed by atoms with Crippen molar-refractivity contribution in [3.05, 3.63) is 41.1 Å². The standard InChI is InChI=1S/C18H22N2O5S/c1-4-23-14(21)10-25-13-8-6-12(7-9-13)16-15(17(22)24-5-2)11(3)19-18(26)20-16/h6-9,16H,4-5,10H2,1-3H3,(H2,19,20,26)/t16-/m0/s1. The van der Waals surface area contributed by atoms with Crippen LogP contribution < -0.4 is 15.4 Å². The Morgan fingerprint density at radius 1 is 1.12 bits per heavy atom. The fraction of sp³-hybridized carbons (Fsp3) is 0.389. The first kappa shape index (κ1) is 19.7. The lowest BCUT2D eigenvalue weighted by Crippen LogP contribution is -2.45. The number of benzene rings is 1. The molecule has 0 aromatic heterocycles. The molecule has 2 N–H and O–H groups in total. The largest absolute Gasteiger partial charge is 0.482 e. The summed E-state index contributed by atoms with van der Waals surface area (Å²) in [5, 5.41) is 6.47. The third-order valence-electron chi connectivity index (χ3n) is 3.64. The minimum absolute atomic E-state index is 0.157. The number of carbonyl (C=O) groups excluding carboxylic acids is 2. The number of carbonyl (C=O) groups is 2. The van der Waals surface area contributed by atoms with E-state index >= 15 is 0 Å². The maximum absolute atomic E-state index is 12.3. The van der Waals surface area contributed by atoms with Gasteiger partial charge in [-0.15, -0.1) is 0 Å². The molecule has 1 aromatic rings. The van der Waals surface area contributed by atoms with Crippen molar-refractivity contribution < 1.29 is 23.8 Å². The van der Waals surface area contributed by atoms with Crippen LogP contribution in [-0.4, -0.2) is 36.9 Å². The van der Waals surface area contributed by atoms with Crippen molar-refractivity contribution in [3.63, 3.8) is 0 Å². The molecular weight excluding hydrogens is 356 g/mol. The molecule has 2 rings (SSSR count). The highest BCUT2D eigenvalue weighted by atomic mass is 32.1. The fourth-order valence-corrected chi connectivity index (χ4v) is 2.80. The molecule has 0 amide bonds. The monoisotopic (exact) mass is 378 g/mol. The van der Waals surface area contributed by atoms with Gasteiger partial charge in [-0.2, -0.15) is 0 Å². The summed E-state index contributed by atoms with van der Waals surface area (Å²) >= 11 is 5.20. The second kappa shape index (κ2) is 9.19. The highest BCUT2D eigenvalue weighted by molar-refractivity contribution is 7.80. The minimum atomic E-state index is -0.429. The summed E-state index contributed by atoms with van der Waals surface area (Å²) in [6, 6.07) is 6.62. The average molecular weight is 378 g/mol. The molecule has 0 fully saturated rings. The normalized spacial score (nSPS) is 16.4. The summed E-state index contributed by atoms with van der Waals surface area (Å²) in [5.74, 6) is -0.304. The first-order valence-electron chi connectivity index (χ1n) is 8.30. The topological polar surface area (TPSA) is 85.9 Å². The van der Waals surface area contributed by atoms with Gasteiger partial charge in [-0.25, -0.2) is 9.59 Å². The van der Waals surface area contributed by atoms with E-state index in [1.54, 1.807) is 45.0 Å². The van der Waals surface area contributed by atoms with Gasteiger partial charge in [0.1, 0.15) is 5.75 Å². The van der Waals surface area contributed by atoms with E-state index in [0.717, 1.165) is 5.56 Å². The van der Waals surface area contributed by atoms with Gasteiger partial charge in [0, 0.05) is 5.70 Å². The molecule has 0 radical (unpaired) electrons. The third-order valence-corrected chi connectivity index (χ3v) is 3.86. The third kappa shape index (κ3) is 4.95. The van der Waals surface area contributed by atoms with Gasteiger partial charge in [-0.05, 0) is 50.7 Å². The second-order valence-corrected chi connectivity index (χ2v) is 5.86. The second-order valence-electron chi connectivity index (χ2n) is 5.45. The van der Waals surface area contributed by atoms with Crippen LogP contribution in [-0.2, 0) is 19.1 Å². The molecule has 0 aliphatic carbocycles. The molecule has 0 saturated heterocycles. The molecule has 0 spiro atoms. The zero-order valence-electron chi connectivity index (χ0n) is 15.0. The van der Waals surface area contributed by atoms with Crippen LogP contribution in [0.25, 0.3) is 0 Å². The van der Waals surface area contributed by atoms with E-state index in [1.807, 2.05) is 0 Å². The van der Waals surface area contributed by atoms with E-state index in [-0.39, 0.29) is 13.2 Å². The Labute approximate surface area is 157 Å². The lowest BCUT2D eigenvalue weighted by Gasteiger charge is -2.29. The Balaban J connectivity index is 2.17. The van der Waals surface area contributed by atoms with Gasteiger partial charge in [-0.1, -0.05) is 12.1 Å². The summed E-state index contributed by atoms with van der Waals surface area (Å²) in [7, 11) is 0. The summed E-state index contributed by atoms with van der Waals surface area (Å²) < 4.78 is 15.4. The molecule has 26 heavy (non-hydrogen) atoms. The molecule has 7 nitrogen and oxygen atoms in total. The van der Waals surface area contributed by atoms with Crippen molar-refractivity contribution in [2.75, 3.05) is 19.8 Å². The van der Waals surface area contributed by atoms with Crippen molar-refractivity contribution in [2.45, 2.75) is 26.8 Å². The summed E-state index contributed by atoms with van der Waals surface area (Å²) in [5.41, 5.74) is 1.94. The lowest BCUT2D eigenvalue weighted by atomic mass is 9.95. The van der Waals surface area contributed by atoms with Crippen molar-refractivity contribution in [1.29, 1.82) is 0 Å². The molecule has 1 aromatic carbocycles. The molecule has 1 atom stereocenters. The van der Waals surface area contributed by atoms with Crippen molar-refractivity contribution in [1.82, 2.24) is 10.6 Å². The molecule has 0 unspecified atom stereocenters. The molecule has 1 heterocycles. The van der Waals surface area contributed by atoms with E-state index in [0.29, 0.717) is 28.7 Å². The van der Waals surface area contributed by atoms with Gasteiger partial charge < -0.3 is 24.8 Å². The number of hydrogen-bond acceptors (Lipinski definition) is 6. The number of ether oxygens (including phenoxy) is 3. The fourth-order valence-electron chi connectivity index (χ4n) is 2.52. The van der Waals surface area contributed by atoms with E-state index < -0.39 is 18.0 Å². The number of rotatable bonds is 7. The first-order chi connectivity index (χ1) is 12.5. The van der Waals surface area contributed by atoms with Crippen LogP contribution in [0.15, 0.2) is 35.5 Å². The van der Waals surface area contributed by atoms with E-state index in [2.05, 4.69) is 10.6 Å². The van der Waals surface area contributed by atoms with Gasteiger partial charge in [0.05, 0.1) is 24.8 Å². The quantitative estimate of drug-likeness (QED) is 0.550. The van der Waals surface area contributed by atoms with Crippen LogP contribution in [0.1, 0.15) is 32.4 Å². The van der Waals surface area contributed by atoms with Crippen LogP contribution in [0.3, 0.4) is 0 Å². The summed E-state index contributed by atoms with van der Waals surface area (Å²) in [4.78, 5) is 23.7. The maximum Gasteiger partial charge on any atom is 0.344 e. The van der Waals surface area contributed by atoms with Crippen molar-refractivity contribution in [3.8, 4) is 5.75 Å². The Morgan fingerprint density at radius 3 is 2.38 bits per heavy atom. The van der Waals surface area contributed by atoms with E-state index in [9.17, 15) is 9.59 Å². The number of hydrogen-bond donors (Lipinski definition) is 2.